The van der Waals surface area contributed by atoms with Gasteiger partial charge in [0.05, 0.1) is 0 Å². The average molecular weight is 621 g/mol. The Hall–Kier alpha value is -1.82. The second-order valence-electron chi connectivity index (χ2n) is 10.1. The summed E-state index contributed by atoms with van der Waals surface area (Å²) in [6.07, 6.45) is 17.1. The number of unbranched alkanes of at least 4 members (excludes halogenated alkanes) is 5. The molecular formula is C36H54N2Pd. The average Bonchev–Trinajstić information content (AvgIpc) is 3.30. The van der Waals surface area contributed by atoms with E-state index in [1.807, 2.05) is 0 Å². The predicted octanol–water partition coefficient (Wildman–Crippen LogP) is 11.6. The number of hydrogen-bond acceptors (Lipinski definition) is 0. The third-order valence-electron chi connectivity index (χ3n) is 6.68. The fourth-order valence-corrected chi connectivity index (χ4v) is 4.06. The molecule has 1 heterocycles. The van der Waals surface area contributed by atoms with Crippen LogP contribution in [0.25, 0.3) is 16.9 Å². The van der Waals surface area contributed by atoms with E-state index in [4.69, 9.17) is 0 Å². The molecule has 0 amide bonds. The Morgan fingerprint density at radius 3 is 1.36 bits per heavy atom. The first-order valence-corrected chi connectivity index (χ1v) is 15.2. The third-order valence-corrected chi connectivity index (χ3v) is 6.68. The van der Waals surface area contributed by atoms with E-state index < -0.39 is 0 Å². The molecule has 0 radical (unpaired) electrons. The summed E-state index contributed by atoms with van der Waals surface area (Å²) in [5, 5.41) is 0. The molecular weight excluding hydrogens is 567 g/mol. The fraction of sp³-hybridized carbons (Fsp3) is 0.500. The molecule has 218 valence electrons. The quantitative estimate of drug-likeness (QED) is 0.121. The topological polar surface area (TPSA) is 25.3 Å². The minimum absolute atomic E-state index is 0. The van der Waals surface area contributed by atoms with E-state index in [-0.39, 0.29) is 20.4 Å². The number of hydrogen-bond donors (Lipinski definition) is 0. The van der Waals surface area contributed by atoms with Crippen molar-refractivity contribution < 1.29 is 25.1 Å². The third kappa shape index (κ3) is 13.4. The normalized spacial score (nSPS) is 12.2. The van der Waals surface area contributed by atoms with Crippen molar-refractivity contribution in [3.05, 3.63) is 102 Å². The molecule has 1 aliphatic rings. The molecule has 0 bridgehead atoms. The molecule has 0 spiro atoms. The van der Waals surface area contributed by atoms with Gasteiger partial charge in [-0.15, -0.1) is 0 Å². The maximum atomic E-state index is 11.2. The molecule has 0 atom stereocenters. The standard InChI is InChI=1S/C28H36N2.2C4H9.Pd/c1-4-7-10-22-13-17-24(18-14-22)27-21-26(12-9-6-3)28(30(27)29)25-19-15-23(16-20-25)11-8-5-2;2*1-3-4-2;/h13-21H,4-12H2,1-3H3;2*1,3-4H2,2H3;/q;2*-1;+2. The first kappa shape index (κ1) is 37.2. The summed E-state index contributed by atoms with van der Waals surface area (Å²) >= 11 is 0. The minimum atomic E-state index is 0. The van der Waals surface area contributed by atoms with Crippen molar-refractivity contribution in [1.82, 2.24) is 0 Å². The molecule has 0 unspecified atom stereocenters. The molecule has 2 nitrogen and oxygen atoms in total. The Bertz CT molecular complexity index is 960. The second kappa shape index (κ2) is 22.9. The van der Waals surface area contributed by atoms with Crippen molar-refractivity contribution in [2.24, 2.45) is 0 Å². The van der Waals surface area contributed by atoms with Crippen molar-refractivity contribution in [3.8, 4) is 0 Å². The van der Waals surface area contributed by atoms with Crippen LogP contribution in [0.4, 0.5) is 0 Å². The summed E-state index contributed by atoms with van der Waals surface area (Å²) in [5.41, 5.74) is 19.1. The molecule has 0 saturated heterocycles. The molecule has 0 saturated carbocycles. The summed E-state index contributed by atoms with van der Waals surface area (Å²) in [4.78, 5) is 0. The Kier molecular flexibility index (Phi) is 21.9. The van der Waals surface area contributed by atoms with Crippen LogP contribution in [-0.2, 0) is 33.3 Å². The Morgan fingerprint density at radius 1 is 0.590 bits per heavy atom. The van der Waals surface area contributed by atoms with Gasteiger partial charge >= 0.3 is 20.4 Å². The van der Waals surface area contributed by atoms with Crippen LogP contribution in [0.2, 0.25) is 0 Å². The zero-order valence-electron chi connectivity index (χ0n) is 25.5. The summed E-state index contributed by atoms with van der Waals surface area (Å²) in [5.74, 6) is 0. The zero-order chi connectivity index (χ0) is 28.2. The zero-order valence-corrected chi connectivity index (χ0v) is 27.1. The van der Waals surface area contributed by atoms with E-state index in [2.05, 4.69) is 103 Å². The molecule has 2 aromatic rings. The van der Waals surface area contributed by atoms with Crippen molar-refractivity contribution in [2.75, 3.05) is 0 Å². The van der Waals surface area contributed by atoms with Crippen molar-refractivity contribution in [1.29, 1.82) is 0 Å². The number of nitrogens with zero attached hydrogens (tertiary/aromatic N) is 2. The van der Waals surface area contributed by atoms with Gasteiger partial charge in [0.1, 0.15) is 0 Å². The van der Waals surface area contributed by atoms with Gasteiger partial charge in [-0.1, -0.05) is 91.0 Å². The van der Waals surface area contributed by atoms with Crippen molar-refractivity contribution in [3.63, 3.8) is 0 Å². The van der Waals surface area contributed by atoms with E-state index in [0.717, 1.165) is 67.5 Å². The molecule has 3 rings (SSSR count). The van der Waals surface area contributed by atoms with Gasteiger partial charge in [0.2, 0.25) is 11.4 Å². The first-order chi connectivity index (χ1) is 18.5. The van der Waals surface area contributed by atoms with Gasteiger partial charge in [0.25, 0.3) is 0 Å². The van der Waals surface area contributed by atoms with Crippen LogP contribution in [0.3, 0.4) is 0 Å². The number of rotatable bonds is 13. The molecule has 1 aliphatic heterocycles. The molecule has 0 aliphatic carbocycles. The van der Waals surface area contributed by atoms with Crippen LogP contribution >= 0.6 is 0 Å². The van der Waals surface area contributed by atoms with Crippen LogP contribution in [-0.4, -0.2) is 4.70 Å². The van der Waals surface area contributed by atoms with Gasteiger partial charge in [-0.05, 0) is 73.9 Å². The van der Waals surface area contributed by atoms with Crippen LogP contribution in [0, 0.1) is 13.8 Å². The van der Waals surface area contributed by atoms with E-state index in [1.54, 1.807) is 0 Å². The summed E-state index contributed by atoms with van der Waals surface area (Å²) in [6, 6.07) is 17.5. The van der Waals surface area contributed by atoms with Gasteiger partial charge < -0.3 is 19.4 Å². The van der Waals surface area contributed by atoms with Crippen LogP contribution < -0.4 is 0 Å². The number of aryl methyl sites for hydroxylation is 2. The SMILES string of the molecule is CCCCC1=C(c2ccc(CCCC)cc2)[N+](=[N-])C(c2ccc(CCCC)cc2)=C1.[CH2-]CCC.[CH2-]CCC.[Pd+2]. The maximum absolute atomic E-state index is 11.2. The molecule has 0 aromatic heterocycles. The summed E-state index contributed by atoms with van der Waals surface area (Å²) in [7, 11) is 0. The Morgan fingerprint density at radius 2 is 0.974 bits per heavy atom. The monoisotopic (exact) mass is 620 g/mol. The van der Waals surface area contributed by atoms with Crippen LogP contribution in [0.5, 0.6) is 0 Å². The Balaban J connectivity index is 0.00000142. The van der Waals surface area contributed by atoms with E-state index in [9.17, 15) is 5.53 Å². The van der Waals surface area contributed by atoms with Gasteiger partial charge in [-0.25, -0.2) is 4.70 Å². The molecule has 3 heteroatoms. The minimum Gasteiger partial charge on any atom is -0.493 e. The van der Waals surface area contributed by atoms with E-state index in [1.165, 1.54) is 59.9 Å². The molecule has 2 aromatic carbocycles. The molecule has 39 heavy (non-hydrogen) atoms. The van der Waals surface area contributed by atoms with E-state index in [0.29, 0.717) is 0 Å². The predicted molar refractivity (Wildman–Crippen MR) is 169 cm³/mol. The summed E-state index contributed by atoms with van der Waals surface area (Å²) < 4.78 is 1.41. The molecule has 0 N–H and O–H groups in total. The largest absolute Gasteiger partial charge is 2.00 e. The fourth-order valence-electron chi connectivity index (χ4n) is 4.06. The van der Waals surface area contributed by atoms with Crippen molar-refractivity contribution in [2.45, 2.75) is 118 Å². The van der Waals surface area contributed by atoms with Crippen LogP contribution in [0.15, 0.2) is 60.2 Å². The van der Waals surface area contributed by atoms with Crippen molar-refractivity contribution >= 4 is 11.4 Å². The van der Waals surface area contributed by atoms with E-state index >= 15 is 0 Å². The number of benzene rings is 2. The Labute approximate surface area is 255 Å². The van der Waals surface area contributed by atoms with Gasteiger partial charge in [-0.3, -0.25) is 0 Å². The van der Waals surface area contributed by atoms with Crippen LogP contribution in [0.1, 0.15) is 128 Å². The van der Waals surface area contributed by atoms with Gasteiger partial charge in [-0.2, -0.15) is 12.8 Å². The van der Waals surface area contributed by atoms with Gasteiger partial charge in [0.15, 0.2) is 0 Å². The molecule has 0 fully saturated rings. The smallest absolute Gasteiger partial charge is 0.493 e. The second-order valence-corrected chi connectivity index (χ2v) is 10.1. The number of allylic oxidation sites excluding steroid dienone is 2. The summed E-state index contributed by atoms with van der Waals surface area (Å²) in [6.45, 7) is 18.1. The first-order valence-electron chi connectivity index (χ1n) is 15.2. The van der Waals surface area contributed by atoms with Gasteiger partial charge in [0, 0.05) is 22.8 Å². The maximum Gasteiger partial charge on any atom is 2.00 e.